The van der Waals surface area contributed by atoms with Crippen molar-refractivity contribution in [1.82, 2.24) is 29.7 Å². The number of carbonyl (C=O) groups is 3. The van der Waals surface area contributed by atoms with Gasteiger partial charge in [-0.05, 0) is 89.3 Å². The molecule has 0 aliphatic carbocycles. The van der Waals surface area contributed by atoms with Crippen molar-refractivity contribution >= 4 is 29.3 Å². The monoisotopic (exact) mass is 662 g/mol. The molecule has 2 fully saturated rings. The lowest BCUT2D eigenvalue weighted by molar-refractivity contribution is -0.173. The minimum Gasteiger partial charge on any atom is -0.458 e. The first kappa shape index (κ1) is 33.8. The summed E-state index contributed by atoms with van der Waals surface area (Å²) in [4.78, 5) is 53.4. The molecule has 0 spiro atoms. The summed E-state index contributed by atoms with van der Waals surface area (Å²) in [6.07, 6.45) is 2.56. The molecular weight excluding hydrogens is 616 g/mol. The van der Waals surface area contributed by atoms with Gasteiger partial charge in [-0.15, -0.1) is 0 Å². The molecule has 13 nitrogen and oxygen atoms in total. The zero-order chi connectivity index (χ0) is 34.4. The van der Waals surface area contributed by atoms with Gasteiger partial charge in [0.25, 0.3) is 0 Å². The van der Waals surface area contributed by atoms with Crippen molar-refractivity contribution in [2.45, 2.75) is 84.8 Å². The van der Waals surface area contributed by atoms with Gasteiger partial charge in [0.05, 0.1) is 37.8 Å². The van der Waals surface area contributed by atoms with Gasteiger partial charge >= 0.3 is 18.1 Å². The van der Waals surface area contributed by atoms with E-state index >= 15 is 0 Å². The van der Waals surface area contributed by atoms with Crippen molar-refractivity contribution in [3.63, 3.8) is 0 Å². The Bertz CT molecular complexity index is 1720. The molecule has 3 aliphatic rings. The largest absolute Gasteiger partial charge is 0.458 e. The highest BCUT2D eigenvalue weighted by Crippen LogP contribution is 2.36. The van der Waals surface area contributed by atoms with Crippen LogP contribution in [0.1, 0.15) is 69.8 Å². The zero-order valence-corrected chi connectivity index (χ0v) is 28.9. The Morgan fingerprint density at radius 3 is 2.40 bits per heavy atom. The topological polar surface area (TPSA) is 137 Å². The second-order valence-electron chi connectivity index (χ2n) is 14.6. The van der Waals surface area contributed by atoms with E-state index in [0.717, 1.165) is 27.8 Å². The Kier molecular flexibility index (Phi) is 9.22. The molecular formula is C35H46N6O7. The summed E-state index contributed by atoms with van der Waals surface area (Å²) in [5.74, 6) is -0.448. The van der Waals surface area contributed by atoms with Gasteiger partial charge in [-0.3, -0.25) is 0 Å². The third kappa shape index (κ3) is 7.18. The Morgan fingerprint density at radius 2 is 1.69 bits per heavy atom. The van der Waals surface area contributed by atoms with Crippen LogP contribution in [-0.4, -0.2) is 106 Å². The van der Waals surface area contributed by atoms with Gasteiger partial charge in [-0.25, -0.2) is 28.9 Å². The number of benzene rings is 1. The van der Waals surface area contributed by atoms with E-state index in [1.807, 2.05) is 64.3 Å². The van der Waals surface area contributed by atoms with Crippen molar-refractivity contribution in [3.8, 4) is 11.3 Å². The smallest absolute Gasteiger partial charge is 0.420 e. The van der Waals surface area contributed by atoms with Gasteiger partial charge in [0.2, 0.25) is 0 Å². The molecule has 6 rings (SSSR count). The van der Waals surface area contributed by atoms with E-state index in [4.69, 9.17) is 23.9 Å². The van der Waals surface area contributed by atoms with Crippen LogP contribution < -0.4 is 5.32 Å². The number of nitrogens with zero attached hydrogens (tertiary/aromatic N) is 5. The molecule has 1 aromatic carbocycles. The van der Waals surface area contributed by atoms with Crippen molar-refractivity contribution in [2.75, 3.05) is 46.0 Å². The highest BCUT2D eigenvalue weighted by Gasteiger charge is 2.39. The number of hydrogen-bond acceptors (Lipinski definition) is 10. The highest BCUT2D eigenvalue weighted by atomic mass is 16.6. The SMILES string of the molecule is Cc1cn(C(=O)OC(C)(C)C)c2ncc(-c3cc4c(c(C5NCCOC5C(=O)OC(C)(C)C)c3)CN(C(=O)N3CCOCC3)CC4)nc12. The first-order chi connectivity index (χ1) is 22.7. The van der Waals surface area contributed by atoms with E-state index in [1.165, 1.54) is 4.57 Å². The summed E-state index contributed by atoms with van der Waals surface area (Å²) in [6.45, 7) is 16.9. The van der Waals surface area contributed by atoms with Crippen LogP contribution in [0, 0.1) is 6.92 Å². The molecule has 2 aromatic heterocycles. The summed E-state index contributed by atoms with van der Waals surface area (Å²) in [6, 6.07) is 3.57. The van der Waals surface area contributed by atoms with Crippen LogP contribution in [0.15, 0.2) is 24.5 Å². The van der Waals surface area contributed by atoms with E-state index in [-0.39, 0.29) is 6.03 Å². The number of hydrogen-bond donors (Lipinski definition) is 1. The maximum atomic E-state index is 13.6. The second-order valence-corrected chi connectivity index (χ2v) is 14.6. The number of esters is 1. The lowest BCUT2D eigenvalue weighted by Gasteiger charge is -2.39. The summed E-state index contributed by atoms with van der Waals surface area (Å²) < 4.78 is 24.3. The third-order valence-corrected chi connectivity index (χ3v) is 8.53. The molecule has 0 bridgehead atoms. The van der Waals surface area contributed by atoms with Gasteiger partial charge < -0.3 is 34.1 Å². The van der Waals surface area contributed by atoms with Gasteiger partial charge in [-0.1, -0.05) is 0 Å². The number of fused-ring (bicyclic) bond motifs is 2. The molecule has 258 valence electrons. The van der Waals surface area contributed by atoms with E-state index in [9.17, 15) is 14.4 Å². The predicted molar refractivity (Wildman–Crippen MR) is 178 cm³/mol. The van der Waals surface area contributed by atoms with Crippen molar-refractivity contribution in [2.24, 2.45) is 0 Å². The fourth-order valence-electron chi connectivity index (χ4n) is 6.41. The molecule has 1 N–H and O–H groups in total. The minimum absolute atomic E-state index is 0.0168. The lowest BCUT2D eigenvalue weighted by Crippen LogP contribution is -2.50. The number of aryl methyl sites for hydroxylation is 1. The number of carbonyl (C=O) groups excluding carboxylic acids is 3. The maximum Gasteiger partial charge on any atom is 0.420 e. The molecule has 2 saturated heterocycles. The number of amides is 2. The summed E-state index contributed by atoms with van der Waals surface area (Å²) in [7, 11) is 0. The summed E-state index contributed by atoms with van der Waals surface area (Å²) >= 11 is 0. The van der Waals surface area contributed by atoms with Crippen molar-refractivity contribution < 1.29 is 33.3 Å². The van der Waals surface area contributed by atoms with Gasteiger partial charge in [0.15, 0.2) is 11.8 Å². The van der Waals surface area contributed by atoms with Gasteiger partial charge in [-0.2, -0.15) is 0 Å². The van der Waals surface area contributed by atoms with Crippen LogP contribution in [0.3, 0.4) is 0 Å². The van der Waals surface area contributed by atoms with Crippen LogP contribution in [0.2, 0.25) is 0 Å². The molecule has 2 atom stereocenters. The van der Waals surface area contributed by atoms with Gasteiger partial charge in [0.1, 0.15) is 16.7 Å². The second kappa shape index (κ2) is 13.1. The van der Waals surface area contributed by atoms with Crippen LogP contribution in [-0.2, 0) is 36.7 Å². The van der Waals surface area contributed by atoms with Crippen molar-refractivity contribution in [1.29, 1.82) is 0 Å². The first-order valence-corrected chi connectivity index (χ1v) is 16.6. The van der Waals surface area contributed by atoms with E-state index in [1.54, 1.807) is 12.4 Å². The van der Waals surface area contributed by atoms with Crippen molar-refractivity contribution in [3.05, 3.63) is 46.8 Å². The number of morpholine rings is 2. The third-order valence-electron chi connectivity index (χ3n) is 8.53. The molecule has 48 heavy (non-hydrogen) atoms. The van der Waals surface area contributed by atoms with E-state index in [0.29, 0.717) is 75.8 Å². The quantitative estimate of drug-likeness (QED) is 0.403. The fourth-order valence-corrected chi connectivity index (χ4v) is 6.41. The summed E-state index contributed by atoms with van der Waals surface area (Å²) in [5.41, 5.74) is 4.75. The Hall–Kier alpha value is -4.07. The number of ether oxygens (including phenoxy) is 4. The molecule has 0 radical (unpaired) electrons. The number of aromatic nitrogens is 3. The van der Waals surface area contributed by atoms with Crippen LogP contribution in [0.5, 0.6) is 0 Å². The van der Waals surface area contributed by atoms with Crippen LogP contribution in [0.25, 0.3) is 22.4 Å². The average Bonchev–Trinajstić information content (AvgIpc) is 3.38. The van der Waals surface area contributed by atoms with E-state index < -0.39 is 35.4 Å². The Morgan fingerprint density at radius 1 is 0.958 bits per heavy atom. The highest BCUT2D eigenvalue weighted by molar-refractivity contribution is 5.88. The average molecular weight is 663 g/mol. The fraction of sp³-hybridized carbons (Fsp3) is 0.571. The van der Waals surface area contributed by atoms with Gasteiger partial charge in [0, 0.05) is 44.5 Å². The molecule has 5 heterocycles. The van der Waals surface area contributed by atoms with Crippen LogP contribution in [0.4, 0.5) is 9.59 Å². The lowest BCUT2D eigenvalue weighted by atomic mass is 9.86. The summed E-state index contributed by atoms with van der Waals surface area (Å²) in [5, 5.41) is 3.51. The van der Waals surface area contributed by atoms with E-state index in [2.05, 4.69) is 16.4 Å². The number of rotatable bonds is 3. The minimum atomic E-state index is -0.888. The normalized spacial score (nSPS) is 20.4. The molecule has 3 aromatic rings. The predicted octanol–water partition coefficient (Wildman–Crippen LogP) is 4.37. The molecule has 13 heteroatoms. The number of urea groups is 1. The Balaban J connectivity index is 1.41. The Labute approximate surface area is 280 Å². The standard InChI is InChI=1S/C35H46N6O7/c1-21-19-41(33(44)48-35(5,6)7)30-27(21)38-26(18-37-30)23-16-22-8-10-40(32(43)39-11-14-45-15-12-39)20-25(22)24(17-23)28-29(46-13-9-36-28)31(42)47-34(2,3)4/h16-19,28-29,36H,8-15,20H2,1-7H3. The molecule has 2 amide bonds. The zero-order valence-electron chi connectivity index (χ0n) is 28.9. The molecule has 3 aliphatic heterocycles. The van der Waals surface area contributed by atoms with Crippen LogP contribution >= 0.6 is 0 Å². The maximum absolute atomic E-state index is 13.6. The molecule has 2 unspecified atom stereocenters. The number of nitrogens with one attached hydrogen (secondary N) is 1. The first-order valence-electron chi connectivity index (χ1n) is 16.6. The molecule has 0 saturated carbocycles.